The van der Waals surface area contributed by atoms with Crippen molar-refractivity contribution in [3.8, 4) is 23.0 Å². The summed E-state index contributed by atoms with van der Waals surface area (Å²) < 4.78 is 10.8. The summed E-state index contributed by atoms with van der Waals surface area (Å²) >= 11 is 0. The quantitative estimate of drug-likeness (QED) is 0.540. The van der Waals surface area contributed by atoms with E-state index in [4.69, 9.17) is 20.2 Å². The first kappa shape index (κ1) is 22.5. The SMILES string of the molecule is COc1cc(CN2CCC[C@@H](c3cc(=O)[nH]c(-c4ccccn4)n3)C2)ccc1OCC(N)=O. The third-order valence-corrected chi connectivity index (χ3v) is 5.60. The molecule has 3 aromatic rings. The zero-order chi connectivity index (χ0) is 23.2. The number of carbonyl (C=O) groups excluding carboxylic acids is 1. The van der Waals surface area contributed by atoms with Crippen LogP contribution in [-0.4, -0.2) is 52.6 Å². The Morgan fingerprint density at radius 2 is 2.12 bits per heavy atom. The van der Waals surface area contributed by atoms with Crippen LogP contribution in [0.4, 0.5) is 0 Å². The molecule has 3 N–H and O–H groups in total. The number of H-pyrrole nitrogens is 1. The van der Waals surface area contributed by atoms with E-state index >= 15 is 0 Å². The number of hydrogen-bond donors (Lipinski definition) is 2. The van der Waals surface area contributed by atoms with Gasteiger partial charge in [0.2, 0.25) is 0 Å². The Hall–Kier alpha value is -3.72. The smallest absolute Gasteiger partial charge is 0.255 e. The van der Waals surface area contributed by atoms with Gasteiger partial charge in [-0.15, -0.1) is 0 Å². The van der Waals surface area contributed by atoms with E-state index in [1.54, 1.807) is 25.4 Å². The lowest BCUT2D eigenvalue weighted by molar-refractivity contribution is -0.119. The molecule has 1 aromatic carbocycles. The largest absolute Gasteiger partial charge is 0.493 e. The molecule has 1 atom stereocenters. The summed E-state index contributed by atoms with van der Waals surface area (Å²) in [6.07, 6.45) is 3.66. The first-order chi connectivity index (χ1) is 16.0. The predicted molar refractivity (Wildman–Crippen MR) is 123 cm³/mol. The molecule has 0 unspecified atom stereocenters. The van der Waals surface area contributed by atoms with Gasteiger partial charge in [0.1, 0.15) is 5.69 Å². The second-order valence-electron chi connectivity index (χ2n) is 8.05. The molecule has 0 radical (unpaired) electrons. The Morgan fingerprint density at radius 1 is 1.24 bits per heavy atom. The number of amides is 1. The van der Waals surface area contributed by atoms with Crippen molar-refractivity contribution in [2.24, 2.45) is 5.73 Å². The summed E-state index contributed by atoms with van der Waals surface area (Å²) in [5, 5.41) is 0. The van der Waals surface area contributed by atoms with Crippen LogP contribution in [-0.2, 0) is 11.3 Å². The fraction of sp³-hybridized carbons (Fsp3) is 0.333. The van der Waals surface area contributed by atoms with Gasteiger partial charge in [-0.25, -0.2) is 4.98 Å². The molecule has 33 heavy (non-hydrogen) atoms. The topological polar surface area (TPSA) is 123 Å². The molecule has 3 heterocycles. The van der Waals surface area contributed by atoms with Gasteiger partial charge in [0.15, 0.2) is 23.9 Å². The van der Waals surface area contributed by atoms with E-state index in [1.165, 1.54) is 0 Å². The first-order valence-electron chi connectivity index (χ1n) is 10.8. The van der Waals surface area contributed by atoms with Crippen LogP contribution in [0.3, 0.4) is 0 Å². The van der Waals surface area contributed by atoms with Crippen molar-refractivity contribution < 1.29 is 14.3 Å². The highest BCUT2D eigenvalue weighted by molar-refractivity contribution is 5.75. The van der Waals surface area contributed by atoms with Crippen LogP contribution in [0.2, 0.25) is 0 Å². The number of piperidine rings is 1. The minimum atomic E-state index is -0.542. The Balaban J connectivity index is 1.48. The van der Waals surface area contributed by atoms with Crippen molar-refractivity contribution in [3.63, 3.8) is 0 Å². The average molecular weight is 450 g/mol. The summed E-state index contributed by atoms with van der Waals surface area (Å²) in [6.45, 7) is 2.27. The number of aromatic nitrogens is 3. The van der Waals surface area contributed by atoms with Gasteiger partial charge >= 0.3 is 0 Å². The molecule has 1 saturated heterocycles. The first-order valence-corrected chi connectivity index (χ1v) is 10.8. The molecule has 9 nitrogen and oxygen atoms in total. The van der Waals surface area contributed by atoms with Crippen LogP contribution in [0.5, 0.6) is 11.5 Å². The van der Waals surface area contributed by atoms with Gasteiger partial charge in [-0.2, -0.15) is 0 Å². The van der Waals surface area contributed by atoms with Gasteiger partial charge < -0.3 is 20.2 Å². The van der Waals surface area contributed by atoms with Gasteiger partial charge in [-0.1, -0.05) is 12.1 Å². The number of hydrogen-bond acceptors (Lipinski definition) is 7. The highest BCUT2D eigenvalue weighted by atomic mass is 16.5. The summed E-state index contributed by atoms with van der Waals surface area (Å²) in [6, 6.07) is 12.8. The maximum Gasteiger partial charge on any atom is 0.255 e. The number of methoxy groups -OCH3 is 1. The number of nitrogens with zero attached hydrogens (tertiary/aromatic N) is 3. The molecule has 1 fully saturated rings. The molecule has 4 rings (SSSR count). The fourth-order valence-electron chi connectivity index (χ4n) is 4.09. The number of nitrogens with one attached hydrogen (secondary N) is 1. The van der Waals surface area contributed by atoms with Crippen LogP contribution in [0.15, 0.2) is 53.5 Å². The van der Waals surface area contributed by atoms with Crippen LogP contribution in [0, 0.1) is 0 Å². The van der Waals surface area contributed by atoms with E-state index in [0.29, 0.717) is 23.0 Å². The molecule has 0 spiro atoms. The zero-order valence-electron chi connectivity index (χ0n) is 18.5. The van der Waals surface area contributed by atoms with Gasteiger partial charge in [0.05, 0.1) is 12.8 Å². The average Bonchev–Trinajstić information content (AvgIpc) is 2.83. The number of ether oxygens (including phenoxy) is 2. The van der Waals surface area contributed by atoms with E-state index in [9.17, 15) is 9.59 Å². The number of benzene rings is 1. The number of primary amides is 1. The van der Waals surface area contributed by atoms with E-state index in [1.807, 2.05) is 30.3 Å². The van der Waals surface area contributed by atoms with Crippen molar-refractivity contribution in [2.75, 3.05) is 26.8 Å². The fourth-order valence-corrected chi connectivity index (χ4v) is 4.09. The molecule has 1 aliphatic rings. The third kappa shape index (κ3) is 5.75. The number of aromatic amines is 1. The molecule has 0 bridgehead atoms. The normalized spacial score (nSPS) is 16.3. The van der Waals surface area contributed by atoms with E-state index in [-0.39, 0.29) is 18.1 Å². The molecule has 0 saturated carbocycles. The number of likely N-dealkylation sites (tertiary alicyclic amines) is 1. The standard InChI is InChI=1S/C24H27N5O4/c1-32-21-11-16(7-8-20(21)33-15-22(25)30)13-29-10-4-5-17(14-29)19-12-23(31)28-24(27-19)18-6-2-3-9-26-18/h2-3,6-9,11-12,17H,4-5,10,13-15H2,1H3,(H2,25,30)(H,27,28,31)/t17-/m1/s1. The van der Waals surface area contributed by atoms with Crippen LogP contribution in [0.1, 0.15) is 30.0 Å². The van der Waals surface area contributed by atoms with Crippen molar-refractivity contribution in [1.29, 1.82) is 0 Å². The van der Waals surface area contributed by atoms with Crippen molar-refractivity contribution >= 4 is 5.91 Å². The highest BCUT2D eigenvalue weighted by Gasteiger charge is 2.24. The minimum absolute atomic E-state index is 0.156. The summed E-state index contributed by atoms with van der Waals surface area (Å²) in [5.74, 6) is 1.14. The minimum Gasteiger partial charge on any atom is -0.493 e. The van der Waals surface area contributed by atoms with Crippen LogP contribution >= 0.6 is 0 Å². The lowest BCUT2D eigenvalue weighted by Gasteiger charge is -2.32. The van der Waals surface area contributed by atoms with Crippen molar-refractivity contribution in [1.82, 2.24) is 19.9 Å². The van der Waals surface area contributed by atoms with E-state index in [0.717, 1.165) is 43.7 Å². The molecule has 172 valence electrons. The summed E-state index contributed by atoms with van der Waals surface area (Å²) in [5.41, 5.74) is 7.48. The second kappa shape index (κ2) is 10.3. The van der Waals surface area contributed by atoms with E-state index in [2.05, 4.69) is 14.9 Å². The van der Waals surface area contributed by atoms with Crippen LogP contribution in [0.25, 0.3) is 11.5 Å². The molecule has 9 heteroatoms. The van der Waals surface area contributed by atoms with Crippen molar-refractivity contribution in [3.05, 3.63) is 70.3 Å². The number of rotatable bonds is 8. The number of nitrogens with two attached hydrogens (primary N) is 1. The van der Waals surface area contributed by atoms with Crippen molar-refractivity contribution in [2.45, 2.75) is 25.3 Å². The molecule has 1 amide bonds. The van der Waals surface area contributed by atoms with Gasteiger partial charge in [0.25, 0.3) is 11.5 Å². The van der Waals surface area contributed by atoms with E-state index < -0.39 is 5.91 Å². The number of pyridine rings is 1. The summed E-state index contributed by atoms with van der Waals surface area (Å²) in [7, 11) is 1.56. The molecular formula is C24H27N5O4. The second-order valence-corrected chi connectivity index (χ2v) is 8.05. The van der Waals surface area contributed by atoms with Gasteiger partial charge in [-0.3, -0.25) is 19.5 Å². The predicted octanol–water partition coefficient (Wildman–Crippen LogP) is 2.08. The van der Waals surface area contributed by atoms with Gasteiger partial charge in [-0.05, 0) is 49.2 Å². The lowest BCUT2D eigenvalue weighted by atomic mass is 9.94. The monoisotopic (exact) mass is 449 g/mol. The lowest BCUT2D eigenvalue weighted by Crippen LogP contribution is -2.34. The zero-order valence-corrected chi connectivity index (χ0v) is 18.5. The maximum absolute atomic E-state index is 12.3. The highest BCUT2D eigenvalue weighted by Crippen LogP contribution is 2.31. The molecular weight excluding hydrogens is 422 g/mol. The molecule has 2 aromatic heterocycles. The maximum atomic E-state index is 12.3. The Morgan fingerprint density at radius 3 is 2.88 bits per heavy atom. The third-order valence-electron chi connectivity index (χ3n) is 5.60. The summed E-state index contributed by atoms with van der Waals surface area (Å²) in [4.78, 5) is 37.5. The van der Waals surface area contributed by atoms with Gasteiger partial charge in [0, 0.05) is 31.3 Å². The Labute approximate surface area is 191 Å². The Kier molecular flexibility index (Phi) is 6.99. The number of carbonyl (C=O) groups is 1. The Bertz CT molecular complexity index is 1170. The van der Waals surface area contributed by atoms with Crippen LogP contribution < -0.4 is 20.8 Å². The molecule has 1 aliphatic heterocycles. The molecule has 0 aliphatic carbocycles.